The summed E-state index contributed by atoms with van der Waals surface area (Å²) in [5, 5.41) is 2.80. The second-order valence-corrected chi connectivity index (χ2v) is 9.69. The Kier molecular flexibility index (Phi) is 7.83. The number of benzene rings is 3. The monoisotopic (exact) mass is 490 g/mol. The maximum absolute atomic E-state index is 13.1. The average molecular weight is 491 g/mol. The van der Waals surface area contributed by atoms with Gasteiger partial charge in [-0.2, -0.15) is 4.31 Å². The van der Waals surface area contributed by atoms with Gasteiger partial charge in [-0.05, 0) is 61.5 Å². The molecule has 0 atom stereocenters. The number of ether oxygens (including phenoxy) is 2. The lowest BCUT2D eigenvalue weighted by Gasteiger charge is -2.26. The van der Waals surface area contributed by atoms with E-state index >= 15 is 0 Å². The number of morpholine rings is 1. The van der Waals surface area contributed by atoms with Crippen molar-refractivity contribution in [3.05, 3.63) is 89.5 Å². The first-order chi connectivity index (χ1) is 17.0. The van der Waals surface area contributed by atoms with Gasteiger partial charge < -0.3 is 14.8 Å². The number of nitrogens with zero attached hydrogens (tertiary/aromatic N) is 1. The Morgan fingerprint density at radius 1 is 0.971 bits per heavy atom. The van der Waals surface area contributed by atoms with E-state index in [4.69, 9.17) is 9.47 Å². The number of hydrogen-bond donors (Lipinski definition) is 1. The summed E-state index contributed by atoms with van der Waals surface area (Å²) in [5.41, 5.74) is 2.39. The average Bonchev–Trinajstić information content (AvgIpc) is 2.90. The van der Waals surface area contributed by atoms with E-state index < -0.39 is 10.0 Å². The Labute approximate surface area is 205 Å². The predicted molar refractivity (Wildman–Crippen MR) is 134 cm³/mol. The Bertz CT molecular complexity index is 1340. The van der Waals surface area contributed by atoms with Crippen LogP contribution in [0.3, 0.4) is 0 Å². The molecule has 1 fully saturated rings. The molecule has 8 heteroatoms. The lowest BCUT2D eigenvalue weighted by molar-refractivity contribution is 0.0730. The van der Waals surface area contributed by atoms with E-state index in [0.717, 1.165) is 11.1 Å². The summed E-state index contributed by atoms with van der Waals surface area (Å²) in [6.07, 6.45) is 0. The van der Waals surface area contributed by atoms with Crippen LogP contribution in [-0.4, -0.2) is 51.5 Å². The molecule has 35 heavy (non-hydrogen) atoms. The zero-order chi connectivity index (χ0) is 24.7. The Morgan fingerprint density at radius 2 is 1.63 bits per heavy atom. The lowest BCUT2D eigenvalue weighted by Crippen LogP contribution is -2.40. The summed E-state index contributed by atoms with van der Waals surface area (Å²) in [6.45, 7) is 3.47. The number of amides is 1. The van der Waals surface area contributed by atoms with Crippen LogP contribution in [0.1, 0.15) is 28.4 Å². The number of carbonyl (C=O) groups is 1. The molecule has 4 rings (SSSR count). The molecule has 0 aliphatic carbocycles. The van der Waals surface area contributed by atoms with E-state index in [2.05, 4.69) is 17.2 Å². The molecule has 1 aliphatic heterocycles. The van der Waals surface area contributed by atoms with Crippen molar-refractivity contribution >= 4 is 21.6 Å². The molecule has 1 saturated heterocycles. The Balaban J connectivity index is 1.53. The number of carbonyl (C=O) groups excluding carboxylic acids is 1. The van der Waals surface area contributed by atoms with Crippen LogP contribution in [0.5, 0.6) is 5.75 Å². The fraction of sp³-hybridized carbons (Fsp3) is 0.222. The molecule has 0 radical (unpaired) electrons. The largest absolute Gasteiger partial charge is 0.492 e. The number of sulfonamides is 1. The van der Waals surface area contributed by atoms with Crippen molar-refractivity contribution in [1.29, 1.82) is 0 Å². The van der Waals surface area contributed by atoms with Crippen LogP contribution >= 0.6 is 0 Å². The van der Waals surface area contributed by atoms with E-state index in [1.54, 1.807) is 30.3 Å². The molecule has 1 amide bonds. The number of rotatable bonds is 6. The van der Waals surface area contributed by atoms with Crippen molar-refractivity contribution in [2.24, 2.45) is 0 Å². The minimum absolute atomic E-state index is 0.0877. The van der Waals surface area contributed by atoms with E-state index in [9.17, 15) is 13.2 Å². The van der Waals surface area contributed by atoms with Crippen LogP contribution in [0.4, 0.5) is 5.69 Å². The van der Waals surface area contributed by atoms with Crippen molar-refractivity contribution in [2.75, 3.05) is 38.2 Å². The molecule has 0 unspecified atom stereocenters. The number of anilines is 1. The summed E-state index contributed by atoms with van der Waals surface area (Å²) in [6, 6.07) is 21.0. The molecule has 3 aromatic carbocycles. The van der Waals surface area contributed by atoms with Crippen molar-refractivity contribution in [3.63, 3.8) is 0 Å². The molecule has 1 N–H and O–H groups in total. The van der Waals surface area contributed by atoms with Gasteiger partial charge in [-0.1, -0.05) is 30.0 Å². The van der Waals surface area contributed by atoms with Crippen molar-refractivity contribution in [2.45, 2.75) is 11.8 Å². The minimum atomic E-state index is -3.72. The van der Waals surface area contributed by atoms with Gasteiger partial charge in [-0.15, -0.1) is 0 Å². The fourth-order valence-electron chi connectivity index (χ4n) is 3.55. The zero-order valence-corrected chi connectivity index (χ0v) is 20.2. The summed E-state index contributed by atoms with van der Waals surface area (Å²) < 4.78 is 38.4. The summed E-state index contributed by atoms with van der Waals surface area (Å²) in [7, 11) is -3.72. The third kappa shape index (κ3) is 6.08. The predicted octanol–water partition coefficient (Wildman–Crippen LogP) is 3.76. The minimum Gasteiger partial charge on any atom is -0.492 e. The van der Waals surface area contributed by atoms with E-state index in [-0.39, 0.29) is 23.9 Å². The second kappa shape index (κ2) is 11.2. The molecular formula is C27H26N2O5S. The molecule has 0 saturated carbocycles. The molecule has 1 aliphatic rings. The fourth-order valence-corrected chi connectivity index (χ4v) is 4.98. The maximum atomic E-state index is 13.1. The highest BCUT2D eigenvalue weighted by molar-refractivity contribution is 7.89. The smallest absolute Gasteiger partial charge is 0.255 e. The highest BCUT2D eigenvalue weighted by Gasteiger charge is 2.27. The van der Waals surface area contributed by atoms with E-state index in [1.807, 2.05) is 37.3 Å². The molecule has 1 heterocycles. The number of nitrogens with one attached hydrogen (secondary N) is 1. The summed E-state index contributed by atoms with van der Waals surface area (Å²) in [4.78, 5) is 13.0. The van der Waals surface area contributed by atoms with Crippen LogP contribution in [0, 0.1) is 11.8 Å². The van der Waals surface area contributed by atoms with Gasteiger partial charge >= 0.3 is 0 Å². The van der Waals surface area contributed by atoms with Gasteiger partial charge in [0.05, 0.1) is 30.4 Å². The third-order valence-corrected chi connectivity index (χ3v) is 7.27. The molecule has 0 aromatic heterocycles. The topological polar surface area (TPSA) is 84.9 Å². The van der Waals surface area contributed by atoms with Crippen molar-refractivity contribution in [3.8, 4) is 17.6 Å². The lowest BCUT2D eigenvalue weighted by atomic mass is 10.1. The molecular weight excluding hydrogens is 464 g/mol. The van der Waals surface area contributed by atoms with E-state index in [1.165, 1.54) is 16.4 Å². The SMILES string of the molecule is CCOc1ccc(S(=O)(=O)N2CCOCC2)cc1NC(=O)c1ccc(C#Cc2ccccc2)cc1. The van der Waals surface area contributed by atoms with Gasteiger partial charge in [0.25, 0.3) is 5.91 Å². The number of hydrogen-bond acceptors (Lipinski definition) is 5. The van der Waals surface area contributed by atoms with Gasteiger partial charge in [0.2, 0.25) is 10.0 Å². The van der Waals surface area contributed by atoms with Crippen LogP contribution < -0.4 is 10.1 Å². The molecule has 0 spiro atoms. The first kappa shape index (κ1) is 24.5. The van der Waals surface area contributed by atoms with Crippen molar-refractivity contribution in [1.82, 2.24) is 4.31 Å². The molecule has 7 nitrogen and oxygen atoms in total. The maximum Gasteiger partial charge on any atom is 0.255 e. The second-order valence-electron chi connectivity index (χ2n) is 7.75. The van der Waals surface area contributed by atoms with Gasteiger partial charge in [0.15, 0.2) is 0 Å². The van der Waals surface area contributed by atoms with Crippen LogP contribution in [-0.2, 0) is 14.8 Å². The molecule has 0 bridgehead atoms. The summed E-state index contributed by atoms with van der Waals surface area (Å²) in [5.74, 6) is 6.17. The van der Waals surface area contributed by atoms with Gasteiger partial charge in [-0.3, -0.25) is 4.79 Å². The van der Waals surface area contributed by atoms with E-state index in [0.29, 0.717) is 36.8 Å². The van der Waals surface area contributed by atoms with Crippen LogP contribution in [0.15, 0.2) is 77.7 Å². The zero-order valence-electron chi connectivity index (χ0n) is 19.4. The highest BCUT2D eigenvalue weighted by Crippen LogP contribution is 2.30. The third-order valence-electron chi connectivity index (χ3n) is 5.38. The Morgan fingerprint density at radius 3 is 2.29 bits per heavy atom. The van der Waals surface area contributed by atoms with Gasteiger partial charge in [0, 0.05) is 29.8 Å². The summed E-state index contributed by atoms with van der Waals surface area (Å²) >= 11 is 0. The first-order valence-electron chi connectivity index (χ1n) is 11.3. The molecule has 3 aromatic rings. The quantitative estimate of drug-likeness (QED) is 0.532. The van der Waals surface area contributed by atoms with Crippen molar-refractivity contribution < 1.29 is 22.7 Å². The van der Waals surface area contributed by atoms with Gasteiger partial charge in [-0.25, -0.2) is 8.42 Å². The van der Waals surface area contributed by atoms with Crippen LogP contribution in [0.2, 0.25) is 0 Å². The standard InChI is InChI=1S/C27H26N2O5S/c1-2-34-26-15-14-24(35(31,32)29-16-18-33-19-17-29)20-25(26)28-27(30)23-12-10-22(11-13-23)9-8-21-6-4-3-5-7-21/h3-7,10-15,20H,2,16-19H2,1H3,(H,28,30). The highest BCUT2D eigenvalue weighted by atomic mass is 32.2. The first-order valence-corrected chi connectivity index (χ1v) is 12.7. The van der Waals surface area contributed by atoms with Crippen LogP contribution in [0.25, 0.3) is 0 Å². The molecule has 180 valence electrons. The van der Waals surface area contributed by atoms with Gasteiger partial charge in [0.1, 0.15) is 5.75 Å². The Hall–Kier alpha value is -3.64. The normalized spacial score (nSPS) is 14.0.